The van der Waals surface area contributed by atoms with Crippen molar-refractivity contribution in [1.29, 1.82) is 0 Å². The number of rotatable bonds is 4. The number of ether oxygens (including phenoxy) is 1. The van der Waals surface area contributed by atoms with Gasteiger partial charge in [-0.05, 0) is 69.9 Å². The van der Waals surface area contributed by atoms with E-state index in [-0.39, 0.29) is 35.6 Å². The number of hydrogen-bond donors (Lipinski definition) is 3. The number of hydrogen-bond acceptors (Lipinski definition) is 6. The summed E-state index contributed by atoms with van der Waals surface area (Å²) in [5, 5.41) is 31.3. The monoisotopic (exact) mass is 430 g/mol. The number of aliphatic hydroxyl groups excluding tert-OH is 1. The fraction of sp³-hybridized carbons (Fsp3) is 0.708. The first-order valence-electron chi connectivity index (χ1n) is 11.2. The van der Waals surface area contributed by atoms with Crippen molar-refractivity contribution in [1.82, 2.24) is 0 Å². The summed E-state index contributed by atoms with van der Waals surface area (Å²) in [6, 6.07) is 0. The van der Waals surface area contributed by atoms with Crippen LogP contribution in [-0.2, 0) is 19.1 Å². The average Bonchev–Trinajstić information content (AvgIpc) is 3.38. The summed E-state index contributed by atoms with van der Waals surface area (Å²) >= 11 is 0. The first-order chi connectivity index (χ1) is 14.4. The van der Waals surface area contributed by atoms with Gasteiger partial charge in [-0.3, -0.25) is 14.4 Å². The molecule has 4 aliphatic carbocycles. The Bertz CT molecular complexity index is 952. The highest BCUT2D eigenvalue weighted by molar-refractivity contribution is 6.01. The summed E-state index contributed by atoms with van der Waals surface area (Å²) in [6.07, 6.45) is 6.30. The SMILES string of the molecule is CC(C(=O)O)C(O)C(=O)[C@@]1(O)CC[C@H]2[C@@H]3CCC4=CC(=O)C=C[C@]4(C)[C@@]34O[C@H]4C[C@@]21C. The lowest BCUT2D eigenvalue weighted by molar-refractivity contribution is -0.171. The van der Waals surface area contributed by atoms with Gasteiger partial charge in [0, 0.05) is 10.8 Å². The van der Waals surface area contributed by atoms with Crippen LogP contribution in [-0.4, -0.2) is 56.3 Å². The molecule has 9 atom stereocenters. The number of aliphatic carboxylic acids is 1. The maximum atomic E-state index is 13.2. The van der Waals surface area contributed by atoms with E-state index in [1.54, 1.807) is 12.2 Å². The Morgan fingerprint density at radius 3 is 2.61 bits per heavy atom. The molecule has 1 spiro atoms. The Kier molecular flexibility index (Phi) is 4.17. The fourth-order valence-corrected chi connectivity index (χ4v) is 7.66. The molecule has 3 saturated carbocycles. The Morgan fingerprint density at radius 2 is 1.94 bits per heavy atom. The number of aliphatic hydroxyl groups is 2. The van der Waals surface area contributed by atoms with Gasteiger partial charge in [-0.2, -0.15) is 0 Å². The lowest BCUT2D eigenvalue weighted by Gasteiger charge is -2.55. The molecule has 7 heteroatoms. The third-order valence-corrected chi connectivity index (χ3v) is 9.62. The number of epoxide rings is 1. The molecule has 1 heterocycles. The molecular weight excluding hydrogens is 400 g/mol. The molecule has 0 radical (unpaired) electrons. The minimum absolute atomic E-state index is 0.00236. The van der Waals surface area contributed by atoms with Crippen LogP contribution < -0.4 is 0 Å². The highest BCUT2D eigenvalue weighted by atomic mass is 16.6. The van der Waals surface area contributed by atoms with Crippen LogP contribution in [0.1, 0.15) is 52.9 Å². The van der Waals surface area contributed by atoms with Crippen molar-refractivity contribution in [2.45, 2.75) is 76.3 Å². The van der Waals surface area contributed by atoms with Gasteiger partial charge >= 0.3 is 5.97 Å². The Morgan fingerprint density at radius 1 is 1.23 bits per heavy atom. The van der Waals surface area contributed by atoms with E-state index in [1.807, 2.05) is 13.0 Å². The third-order valence-electron chi connectivity index (χ3n) is 9.62. The molecule has 0 bridgehead atoms. The van der Waals surface area contributed by atoms with E-state index in [1.165, 1.54) is 6.92 Å². The maximum absolute atomic E-state index is 13.2. The molecule has 3 N–H and O–H groups in total. The number of Topliss-reactive ketones (excluding diaryl/α,β-unsaturated/α-hetero) is 1. The second-order valence-corrected chi connectivity index (χ2v) is 10.7. The molecule has 5 aliphatic rings. The van der Waals surface area contributed by atoms with Gasteiger partial charge in [0.25, 0.3) is 0 Å². The smallest absolute Gasteiger partial charge is 0.309 e. The van der Waals surface area contributed by atoms with Gasteiger partial charge in [0.05, 0.1) is 12.0 Å². The van der Waals surface area contributed by atoms with Crippen LogP contribution >= 0.6 is 0 Å². The van der Waals surface area contributed by atoms with Crippen LogP contribution in [0.15, 0.2) is 23.8 Å². The maximum Gasteiger partial charge on any atom is 0.309 e. The van der Waals surface area contributed by atoms with E-state index in [0.717, 1.165) is 18.4 Å². The van der Waals surface area contributed by atoms with E-state index >= 15 is 0 Å². The molecule has 168 valence electrons. The van der Waals surface area contributed by atoms with E-state index in [2.05, 4.69) is 6.92 Å². The number of carboxylic acids is 1. The molecule has 0 aromatic carbocycles. The van der Waals surface area contributed by atoms with Crippen molar-refractivity contribution in [2.24, 2.45) is 28.6 Å². The topological polar surface area (TPSA) is 124 Å². The first-order valence-corrected chi connectivity index (χ1v) is 11.2. The minimum Gasteiger partial charge on any atom is -0.481 e. The van der Waals surface area contributed by atoms with Crippen molar-refractivity contribution in [3.63, 3.8) is 0 Å². The van der Waals surface area contributed by atoms with Gasteiger partial charge in [-0.25, -0.2) is 0 Å². The summed E-state index contributed by atoms with van der Waals surface area (Å²) in [5.74, 6) is -3.21. The molecule has 1 saturated heterocycles. The molecule has 0 amide bonds. The zero-order valence-electron chi connectivity index (χ0n) is 18.1. The lowest BCUT2D eigenvalue weighted by Crippen LogP contribution is -2.62. The quantitative estimate of drug-likeness (QED) is 0.581. The van der Waals surface area contributed by atoms with Crippen LogP contribution in [0.25, 0.3) is 0 Å². The highest BCUT2D eigenvalue weighted by Crippen LogP contribution is 2.75. The molecule has 0 aromatic rings. The fourth-order valence-electron chi connectivity index (χ4n) is 7.66. The highest BCUT2D eigenvalue weighted by Gasteiger charge is 2.81. The van der Waals surface area contributed by atoms with Crippen molar-refractivity contribution in [2.75, 3.05) is 0 Å². The molecule has 0 aromatic heterocycles. The first kappa shape index (κ1) is 21.0. The normalized spacial score (nSPS) is 49.1. The molecule has 4 fully saturated rings. The molecular formula is C24H30O7. The Labute approximate surface area is 181 Å². The van der Waals surface area contributed by atoms with E-state index < -0.39 is 40.4 Å². The van der Waals surface area contributed by atoms with Crippen molar-refractivity contribution >= 4 is 17.5 Å². The molecule has 5 rings (SSSR count). The van der Waals surface area contributed by atoms with E-state index in [9.17, 15) is 29.7 Å². The van der Waals surface area contributed by atoms with Crippen LogP contribution in [0.4, 0.5) is 0 Å². The number of allylic oxidation sites excluding steroid dienone is 2. The number of carboxylic acid groups (broad SMARTS) is 1. The zero-order valence-corrected chi connectivity index (χ0v) is 18.1. The summed E-state index contributed by atoms with van der Waals surface area (Å²) in [6.45, 7) is 5.31. The molecule has 7 nitrogen and oxygen atoms in total. The van der Waals surface area contributed by atoms with Crippen molar-refractivity contribution in [3.05, 3.63) is 23.8 Å². The number of fused-ring (bicyclic) bond motifs is 3. The molecule has 2 unspecified atom stereocenters. The Balaban J connectivity index is 1.50. The van der Waals surface area contributed by atoms with Gasteiger partial charge < -0.3 is 20.1 Å². The largest absolute Gasteiger partial charge is 0.481 e. The summed E-state index contributed by atoms with van der Waals surface area (Å²) in [7, 11) is 0. The van der Waals surface area contributed by atoms with Gasteiger partial charge in [-0.1, -0.05) is 18.6 Å². The van der Waals surface area contributed by atoms with Crippen LogP contribution in [0.2, 0.25) is 0 Å². The van der Waals surface area contributed by atoms with Crippen LogP contribution in [0, 0.1) is 28.6 Å². The summed E-state index contributed by atoms with van der Waals surface area (Å²) < 4.78 is 6.42. The van der Waals surface area contributed by atoms with Crippen LogP contribution in [0.3, 0.4) is 0 Å². The summed E-state index contributed by atoms with van der Waals surface area (Å²) in [4.78, 5) is 36.5. The summed E-state index contributed by atoms with van der Waals surface area (Å²) in [5.41, 5.74) is -2.30. The van der Waals surface area contributed by atoms with Gasteiger partial charge in [0.15, 0.2) is 11.6 Å². The number of carbonyl (C=O) groups excluding carboxylic acids is 2. The van der Waals surface area contributed by atoms with Crippen molar-refractivity contribution in [3.8, 4) is 0 Å². The van der Waals surface area contributed by atoms with Gasteiger partial charge in [-0.15, -0.1) is 0 Å². The second-order valence-electron chi connectivity index (χ2n) is 10.7. The second kappa shape index (κ2) is 6.15. The molecule has 31 heavy (non-hydrogen) atoms. The van der Waals surface area contributed by atoms with Crippen LogP contribution in [0.5, 0.6) is 0 Å². The number of carbonyl (C=O) groups is 3. The average molecular weight is 430 g/mol. The predicted octanol–water partition coefficient (Wildman–Crippen LogP) is 1.81. The predicted molar refractivity (Wildman–Crippen MR) is 109 cm³/mol. The third kappa shape index (κ3) is 2.32. The van der Waals surface area contributed by atoms with Gasteiger partial charge in [0.2, 0.25) is 0 Å². The standard InChI is InChI=1S/C24H30O7/c1-12(20(28)29)18(26)19(27)23(30)9-7-15-16-5-4-13-10-14(25)6-8-21(13,2)24(16)17(31-24)11-22(15,23)3/h6,8,10,12,15-18,26,30H,4-5,7,9,11H2,1-3H3,(H,28,29)/t12?,15-,16-,17-,18?,21-,22-,23-,24+/m0/s1. The van der Waals surface area contributed by atoms with E-state index in [0.29, 0.717) is 12.8 Å². The Hall–Kier alpha value is -1.83. The van der Waals surface area contributed by atoms with Crippen molar-refractivity contribution < 1.29 is 34.4 Å². The zero-order chi connectivity index (χ0) is 22.6. The molecule has 1 aliphatic heterocycles. The lowest BCUT2D eigenvalue weighted by atomic mass is 9.46. The number of ketones is 2. The minimum atomic E-state index is -1.78. The van der Waals surface area contributed by atoms with E-state index in [4.69, 9.17) is 4.74 Å². The van der Waals surface area contributed by atoms with Gasteiger partial charge in [0.1, 0.15) is 17.3 Å².